The van der Waals surface area contributed by atoms with Crippen LogP contribution in [0.4, 0.5) is 0 Å². The Hall–Kier alpha value is -1.59. The zero-order chi connectivity index (χ0) is 13.0. The number of thiophene rings is 1. The molecule has 93 valence electrons. The van der Waals surface area contributed by atoms with Gasteiger partial charge in [0.05, 0.1) is 5.38 Å². The van der Waals surface area contributed by atoms with Gasteiger partial charge in [-0.2, -0.15) is 8.42 Å². The van der Waals surface area contributed by atoms with Gasteiger partial charge in [-0.05, 0) is 5.56 Å². The van der Waals surface area contributed by atoms with Crippen LogP contribution < -0.4 is 4.18 Å². The lowest BCUT2D eigenvalue weighted by Gasteiger charge is -2.06. The van der Waals surface area contributed by atoms with Gasteiger partial charge in [-0.25, -0.2) is 0 Å². The fraction of sp³-hybridized carbons (Fsp3) is 0.0769. The van der Waals surface area contributed by atoms with Gasteiger partial charge in [-0.15, -0.1) is 17.9 Å². The van der Waals surface area contributed by atoms with Crippen molar-refractivity contribution in [2.75, 3.05) is 5.75 Å². The third-order valence-corrected chi connectivity index (χ3v) is 3.91. The van der Waals surface area contributed by atoms with E-state index in [1.807, 2.05) is 30.3 Å². The molecule has 2 rings (SSSR count). The van der Waals surface area contributed by atoms with Gasteiger partial charge in [0.2, 0.25) is 0 Å². The summed E-state index contributed by atoms with van der Waals surface area (Å²) in [6.07, 6.45) is 1.30. The molecule has 0 atom stereocenters. The van der Waals surface area contributed by atoms with Crippen molar-refractivity contribution >= 4 is 21.5 Å². The molecule has 0 saturated carbocycles. The highest BCUT2D eigenvalue weighted by Gasteiger charge is 2.15. The number of rotatable bonds is 5. The Morgan fingerprint density at radius 3 is 2.72 bits per heavy atom. The fourth-order valence-corrected chi connectivity index (χ4v) is 2.92. The monoisotopic (exact) mass is 279 g/mol. The van der Waals surface area contributed by atoms with Crippen LogP contribution in [0.5, 0.6) is 5.75 Å². The maximum atomic E-state index is 11.6. The van der Waals surface area contributed by atoms with Gasteiger partial charge in [0.1, 0.15) is 5.75 Å². The lowest BCUT2D eigenvalue weighted by molar-refractivity contribution is 0.491. The van der Waals surface area contributed by atoms with E-state index in [-0.39, 0.29) is 5.75 Å². The second-order valence-corrected chi connectivity index (χ2v) is 5.83. The Labute approximate surface area is 110 Å². The van der Waals surface area contributed by atoms with Crippen molar-refractivity contribution in [3.8, 4) is 16.9 Å². The molecule has 2 aromatic rings. The largest absolute Gasteiger partial charge is 0.381 e. The van der Waals surface area contributed by atoms with Crippen LogP contribution in [0.25, 0.3) is 11.1 Å². The zero-order valence-electron chi connectivity index (χ0n) is 9.50. The van der Waals surface area contributed by atoms with Gasteiger partial charge in [0, 0.05) is 10.9 Å². The lowest BCUT2D eigenvalue weighted by Crippen LogP contribution is -2.12. The summed E-state index contributed by atoms with van der Waals surface area (Å²) in [5.41, 5.74) is 1.54. The number of hydrogen-bond acceptors (Lipinski definition) is 4. The summed E-state index contributed by atoms with van der Waals surface area (Å²) >= 11 is 1.28. The van der Waals surface area contributed by atoms with Crippen molar-refractivity contribution in [1.82, 2.24) is 0 Å². The van der Waals surface area contributed by atoms with Crippen LogP contribution in [0.1, 0.15) is 0 Å². The van der Waals surface area contributed by atoms with E-state index in [2.05, 4.69) is 12.0 Å². The first kappa shape index (κ1) is 12.9. The van der Waals surface area contributed by atoms with Crippen molar-refractivity contribution in [3.05, 3.63) is 53.7 Å². The molecule has 0 N–H and O–H groups in total. The summed E-state index contributed by atoms with van der Waals surface area (Å²) in [5.74, 6) is 0.102. The summed E-state index contributed by atoms with van der Waals surface area (Å²) < 4.78 is 28.2. The minimum absolute atomic E-state index is 0.211. The average Bonchev–Trinajstić information content (AvgIpc) is 2.77. The van der Waals surface area contributed by atoms with E-state index in [9.17, 15) is 8.42 Å². The van der Waals surface area contributed by atoms with Crippen molar-refractivity contribution in [1.29, 1.82) is 0 Å². The summed E-state index contributed by atoms with van der Waals surface area (Å²) in [7, 11) is -3.62. The first-order valence-corrected chi connectivity index (χ1v) is 7.66. The molecule has 1 aromatic carbocycles. The molecule has 1 radical (unpaired) electrons. The first-order valence-electron chi connectivity index (χ1n) is 5.20. The molecule has 18 heavy (non-hydrogen) atoms. The molecule has 0 bridgehead atoms. The summed E-state index contributed by atoms with van der Waals surface area (Å²) in [6.45, 7) is 3.39. The van der Waals surface area contributed by atoms with Crippen LogP contribution in [0, 0.1) is 5.38 Å². The maximum absolute atomic E-state index is 11.6. The number of hydrogen-bond donors (Lipinski definition) is 0. The van der Waals surface area contributed by atoms with E-state index in [0.29, 0.717) is 11.3 Å². The quantitative estimate of drug-likeness (QED) is 0.624. The minimum atomic E-state index is -3.62. The van der Waals surface area contributed by atoms with Crippen LogP contribution in [-0.4, -0.2) is 14.2 Å². The predicted octanol–water partition coefficient (Wildman–Crippen LogP) is 3.11. The molecule has 1 heterocycles. The Morgan fingerprint density at radius 1 is 1.33 bits per heavy atom. The van der Waals surface area contributed by atoms with Crippen LogP contribution in [0.3, 0.4) is 0 Å². The van der Waals surface area contributed by atoms with E-state index < -0.39 is 10.1 Å². The Kier molecular flexibility index (Phi) is 3.84. The minimum Gasteiger partial charge on any atom is -0.381 e. The van der Waals surface area contributed by atoms with Crippen molar-refractivity contribution in [2.45, 2.75) is 0 Å². The Morgan fingerprint density at radius 2 is 2.06 bits per heavy atom. The smallest absolute Gasteiger partial charge is 0.312 e. The lowest BCUT2D eigenvalue weighted by atomic mass is 10.1. The molecule has 0 unspecified atom stereocenters. The molecule has 0 aliphatic carbocycles. The van der Waals surface area contributed by atoms with E-state index >= 15 is 0 Å². The van der Waals surface area contributed by atoms with Crippen molar-refractivity contribution < 1.29 is 12.6 Å². The van der Waals surface area contributed by atoms with Crippen LogP contribution >= 0.6 is 11.3 Å². The second kappa shape index (κ2) is 5.37. The fourth-order valence-electron chi connectivity index (χ4n) is 1.43. The highest BCUT2D eigenvalue weighted by Crippen LogP contribution is 2.33. The van der Waals surface area contributed by atoms with Crippen molar-refractivity contribution in [2.24, 2.45) is 0 Å². The van der Waals surface area contributed by atoms with Crippen LogP contribution in [0.2, 0.25) is 0 Å². The highest BCUT2D eigenvalue weighted by atomic mass is 32.2. The molecule has 0 aliphatic rings. The molecule has 5 heteroatoms. The maximum Gasteiger partial charge on any atom is 0.312 e. The van der Waals surface area contributed by atoms with Gasteiger partial charge in [-0.3, -0.25) is 0 Å². The van der Waals surface area contributed by atoms with Crippen molar-refractivity contribution in [3.63, 3.8) is 0 Å². The van der Waals surface area contributed by atoms with Gasteiger partial charge in [0.25, 0.3) is 0 Å². The molecule has 1 aromatic heterocycles. The molecule has 0 amide bonds. The highest BCUT2D eigenvalue weighted by molar-refractivity contribution is 7.87. The topological polar surface area (TPSA) is 43.4 Å². The van der Waals surface area contributed by atoms with E-state index in [1.165, 1.54) is 17.4 Å². The van der Waals surface area contributed by atoms with E-state index in [4.69, 9.17) is 4.18 Å². The third-order valence-electron chi connectivity index (χ3n) is 2.17. The molecular formula is C13H11O3S2. The average molecular weight is 279 g/mol. The SMILES string of the molecule is C=CCS(=O)(=O)Oc1cs[c]c1-c1ccccc1. The molecule has 0 aliphatic heterocycles. The number of benzene rings is 1. The van der Waals surface area contributed by atoms with Crippen LogP contribution in [0.15, 0.2) is 48.4 Å². The molecule has 0 fully saturated rings. The predicted molar refractivity (Wildman–Crippen MR) is 73.2 cm³/mol. The molecule has 3 nitrogen and oxygen atoms in total. The third kappa shape index (κ3) is 3.00. The summed E-state index contributed by atoms with van der Waals surface area (Å²) in [4.78, 5) is 0. The second-order valence-electron chi connectivity index (χ2n) is 3.54. The van der Waals surface area contributed by atoms with E-state index in [1.54, 1.807) is 5.38 Å². The zero-order valence-corrected chi connectivity index (χ0v) is 11.1. The summed E-state index contributed by atoms with van der Waals surface area (Å²) in [6, 6.07) is 9.41. The van der Waals surface area contributed by atoms with E-state index in [0.717, 1.165) is 5.56 Å². The van der Waals surface area contributed by atoms with Gasteiger partial charge >= 0.3 is 10.1 Å². The van der Waals surface area contributed by atoms with Gasteiger partial charge in [0.15, 0.2) is 5.75 Å². The van der Waals surface area contributed by atoms with Gasteiger partial charge < -0.3 is 4.18 Å². The van der Waals surface area contributed by atoms with Gasteiger partial charge in [-0.1, -0.05) is 36.4 Å². The first-order chi connectivity index (χ1) is 8.62. The Bertz CT molecular complexity index is 627. The normalized spacial score (nSPS) is 11.1. The summed E-state index contributed by atoms with van der Waals surface area (Å²) in [5, 5.41) is 4.64. The molecule has 0 saturated heterocycles. The standard InChI is InChI=1S/C13H11O3S2/c1-2-8-18(14,15)16-13-10-17-9-12(13)11-6-4-3-5-7-11/h2-7,10H,1,8H2. The Balaban J connectivity index is 2.32. The van der Waals surface area contributed by atoms with Crippen LogP contribution in [-0.2, 0) is 10.1 Å². The molecule has 0 spiro atoms. The molecular weight excluding hydrogens is 268 g/mol.